The van der Waals surface area contributed by atoms with Crippen LogP contribution in [0.25, 0.3) is 0 Å². The van der Waals surface area contributed by atoms with Crippen LogP contribution in [-0.4, -0.2) is 28.6 Å². The van der Waals surface area contributed by atoms with Gasteiger partial charge in [-0.3, -0.25) is 9.78 Å². The number of rotatable bonds is 4. The number of amides is 2. The normalized spacial score (nSPS) is 17.0. The fourth-order valence-corrected chi connectivity index (χ4v) is 2.66. The van der Waals surface area contributed by atoms with Crippen molar-refractivity contribution in [1.29, 1.82) is 0 Å². The number of nitrogens with zero attached hydrogens (tertiary/aromatic N) is 1. The summed E-state index contributed by atoms with van der Waals surface area (Å²) in [6, 6.07) is 3.16. The summed E-state index contributed by atoms with van der Waals surface area (Å²) in [4.78, 5) is 27.5. The van der Waals surface area contributed by atoms with Crippen molar-refractivity contribution in [2.45, 2.75) is 39.0 Å². The zero-order valence-electron chi connectivity index (χ0n) is 12.2. The Kier molecular flexibility index (Phi) is 4.77. The molecule has 1 aromatic heterocycles. The number of aliphatic carboxylic acids is 1. The molecule has 1 aromatic rings. The molecule has 0 saturated heterocycles. The SMILES string of the molecule is Cc1ccc(NC(=O)NCC2(C(=O)O)CCCCC2)cn1. The molecule has 1 aliphatic carbocycles. The van der Waals surface area contributed by atoms with E-state index in [4.69, 9.17) is 0 Å². The highest BCUT2D eigenvalue weighted by Crippen LogP contribution is 2.35. The van der Waals surface area contributed by atoms with Crippen LogP contribution in [0, 0.1) is 12.3 Å². The lowest BCUT2D eigenvalue weighted by atomic mass is 9.74. The number of anilines is 1. The van der Waals surface area contributed by atoms with Crippen LogP contribution in [0.3, 0.4) is 0 Å². The Morgan fingerprint density at radius 3 is 2.57 bits per heavy atom. The predicted octanol–water partition coefficient (Wildman–Crippen LogP) is 2.55. The van der Waals surface area contributed by atoms with E-state index < -0.39 is 17.4 Å². The molecular weight excluding hydrogens is 270 g/mol. The van der Waals surface area contributed by atoms with Gasteiger partial charge >= 0.3 is 12.0 Å². The second-order valence-electron chi connectivity index (χ2n) is 5.64. The van der Waals surface area contributed by atoms with Crippen LogP contribution in [0.4, 0.5) is 10.5 Å². The topological polar surface area (TPSA) is 91.3 Å². The smallest absolute Gasteiger partial charge is 0.319 e. The van der Waals surface area contributed by atoms with Gasteiger partial charge in [-0.05, 0) is 31.9 Å². The molecule has 2 amide bonds. The van der Waals surface area contributed by atoms with Crippen molar-refractivity contribution in [3.05, 3.63) is 24.0 Å². The monoisotopic (exact) mass is 291 g/mol. The summed E-state index contributed by atoms with van der Waals surface area (Å²) in [5, 5.41) is 14.8. The van der Waals surface area contributed by atoms with Gasteiger partial charge in [0.15, 0.2) is 0 Å². The van der Waals surface area contributed by atoms with Crippen molar-refractivity contribution >= 4 is 17.7 Å². The molecule has 0 radical (unpaired) electrons. The van der Waals surface area contributed by atoms with Gasteiger partial charge in [0.2, 0.25) is 0 Å². The lowest BCUT2D eigenvalue weighted by molar-refractivity contribution is -0.150. The van der Waals surface area contributed by atoms with Crippen LogP contribution in [0.15, 0.2) is 18.3 Å². The molecule has 0 spiro atoms. The van der Waals surface area contributed by atoms with Gasteiger partial charge in [0.25, 0.3) is 0 Å². The number of hydrogen-bond acceptors (Lipinski definition) is 3. The summed E-state index contributed by atoms with van der Waals surface area (Å²) in [5.41, 5.74) is 0.639. The third-order valence-corrected chi connectivity index (χ3v) is 4.02. The number of carbonyl (C=O) groups excluding carboxylic acids is 1. The van der Waals surface area contributed by atoms with Crippen LogP contribution >= 0.6 is 0 Å². The second-order valence-corrected chi connectivity index (χ2v) is 5.64. The maximum Gasteiger partial charge on any atom is 0.319 e. The number of nitrogens with one attached hydrogen (secondary N) is 2. The van der Waals surface area contributed by atoms with E-state index in [0.29, 0.717) is 18.5 Å². The van der Waals surface area contributed by atoms with Gasteiger partial charge in [-0.2, -0.15) is 0 Å². The maximum atomic E-state index is 11.9. The first-order valence-electron chi connectivity index (χ1n) is 7.23. The first-order chi connectivity index (χ1) is 10.0. The molecule has 0 atom stereocenters. The Balaban J connectivity index is 1.90. The Bertz CT molecular complexity index is 507. The molecule has 6 heteroatoms. The third kappa shape index (κ3) is 3.93. The quantitative estimate of drug-likeness (QED) is 0.795. The summed E-state index contributed by atoms with van der Waals surface area (Å²) < 4.78 is 0. The summed E-state index contributed by atoms with van der Waals surface area (Å²) in [6.07, 6.45) is 5.68. The Labute approximate surface area is 124 Å². The average molecular weight is 291 g/mol. The summed E-state index contributed by atoms with van der Waals surface area (Å²) >= 11 is 0. The van der Waals surface area contributed by atoms with Gasteiger partial charge in [-0.25, -0.2) is 4.79 Å². The van der Waals surface area contributed by atoms with Crippen molar-refractivity contribution in [3.63, 3.8) is 0 Å². The minimum Gasteiger partial charge on any atom is -0.481 e. The van der Waals surface area contributed by atoms with Gasteiger partial charge in [0.05, 0.1) is 17.3 Å². The Morgan fingerprint density at radius 1 is 1.29 bits per heavy atom. The molecule has 6 nitrogen and oxygen atoms in total. The number of carboxylic acid groups (broad SMARTS) is 1. The summed E-state index contributed by atoms with van der Waals surface area (Å²) in [7, 11) is 0. The standard InChI is InChI=1S/C15H21N3O3/c1-11-5-6-12(9-16-11)18-14(21)17-10-15(13(19)20)7-3-2-4-8-15/h5-6,9H,2-4,7-8,10H2,1H3,(H,19,20)(H2,17,18,21). The molecule has 2 rings (SSSR count). The Morgan fingerprint density at radius 2 is 2.00 bits per heavy atom. The predicted molar refractivity (Wildman–Crippen MR) is 79.1 cm³/mol. The molecule has 0 aliphatic heterocycles. The van der Waals surface area contributed by atoms with Gasteiger partial charge < -0.3 is 15.7 Å². The van der Waals surface area contributed by atoms with E-state index in [-0.39, 0.29) is 6.54 Å². The second kappa shape index (κ2) is 6.56. The molecular formula is C15H21N3O3. The van der Waals surface area contributed by atoms with E-state index >= 15 is 0 Å². The number of carboxylic acids is 1. The van der Waals surface area contributed by atoms with Crippen LogP contribution in [0.1, 0.15) is 37.8 Å². The first-order valence-corrected chi connectivity index (χ1v) is 7.23. The number of aromatic nitrogens is 1. The van der Waals surface area contributed by atoms with E-state index in [9.17, 15) is 14.7 Å². The highest BCUT2D eigenvalue weighted by atomic mass is 16.4. The molecule has 0 aromatic carbocycles. The van der Waals surface area contributed by atoms with Crippen LogP contribution < -0.4 is 10.6 Å². The third-order valence-electron chi connectivity index (χ3n) is 4.02. The molecule has 21 heavy (non-hydrogen) atoms. The lowest BCUT2D eigenvalue weighted by Crippen LogP contribution is -2.45. The molecule has 1 saturated carbocycles. The number of pyridine rings is 1. The van der Waals surface area contributed by atoms with E-state index in [1.165, 1.54) is 0 Å². The molecule has 0 bridgehead atoms. The van der Waals surface area contributed by atoms with Crippen molar-refractivity contribution in [2.24, 2.45) is 5.41 Å². The molecule has 1 fully saturated rings. The van der Waals surface area contributed by atoms with Crippen molar-refractivity contribution < 1.29 is 14.7 Å². The zero-order chi connectivity index (χ0) is 15.3. The highest BCUT2D eigenvalue weighted by molar-refractivity contribution is 5.89. The summed E-state index contributed by atoms with van der Waals surface area (Å²) in [5.74, 6) is -0.820. The zero-order valence-corrected chi connectivity index (χ0v) is 12.2. The van der Waals surface area contributed by atoms with Crippen molar-refractivity contribution in [2.75, 3.05) is 11.9 Å². The largest absolute Gasteiger partial charge is 0.481 e. The first kappa shape index (κ1) is 15.3. The number of aryl methyl sites for hydroxylation is 1. The van der Waals surface area contributed by atoms with Gasteiger partial charge in [-0.1, -0.05) is 19.3 Å². The van der Waals surface area contributed by atoms with E-state index in [1.54, 1.807) is 18.3 Å². The van der Waals surface area contributed by atoms with Crippen LogP contribution in [-0.2, 0) is 4.79 Å². The summed E-state index contributed by atoms with van der Waals surface area (Å²) in [6.45, 7) is 2.02. The fourth-order valence-electron chi connectivity index (χ4n) is 2.66. The molecule has 0 unspecified atom stereocenters. The highest BCUT2D eigenvalue weighted by Gasteiger charge is 2.39. The minimum atomic E-state index is -0.820. The fraction of sp³-hybridized carbons (Fsp3) is 0.533. The maximum absolute atomic E-state index is 11.9. The Hall–Kier alpha value is -2.11. The van der Waals surface area contributed by atoms with Gasteiger partial charge in [0, 0.05) is 12.2 Å². The average Bonchev–Trinajstić information content (AvgIpc) is 2.48. The van der Waals surface area contributed by atoms with E-state index in [2.05, 4.69) is 15.6 Å². The molecule has 3 N–H and O–H groups in total. The van der Waals surface area contributed by atoms with Gasteiger partial charge in [0.1, 0.15) is 0 Å². The molecule has 114 valence electrons. The number of hydrogen-bond donors (Lipinski definition) is 3. The molecule has 1 aliphatic rings. The van der Waals surface area contributed by atoms with Crippen molar-refractivity contribution in [3.8, 4) is 0 Å². The number of urea groups is 1. The molecule has 1 heterocycles. The van der Waals surface area contributed by atoms with E-state index in [0.717, 1.165) is 25.0 Å². The van der Waals surface area contributed by atoms with E-state index in [1.807, 2.05) is 6.92 Å². The lowest BCUT2D eigenvalue weighted by Gasteiger charge is -2.33. The van der Waals surface area contributed by atoms with Gasteiger partial charge in [-0.15, -0.1) is 0 Å². The minimum absolute atomic E-state index is 0.160. The van der Waals surface area contributed by atoms with Crippen LogP contribution in [0.5, 0.6) is 0 Å². The van der Waals surface area contributed by atoms with Crippen molar-refractivity contribution in [1.82, 2.24) is 10.3 Å². The number of carbonyl (C=O) groups is 2. The van der Waals surface area contributed by atoms with Crippen LogP contribution in [0.2, 0.25) is 0 Å².